The van der Waals surface area contributed by atoms with Gasteiger partial charge in [-0.15, -0.1) is 0 Å². The number of rotatable bonds is 4. The Morgan fingerprint density at radius 1 is 0.719 bits per heavy atom. The summed E-state index contributed by atoms with van der Waals surface area (Å²) in [6.07, 6.45) is 0. The Morgan fingerprint density at radius 3 is 2.09 bits per heavy atom. The maximum Gasteiger partial charge on any atom is 0.282 e. The van der Waals surface area contributed by atoms with Crippen LogP contribution in [0.4, 0.5) is 11.4 Å². The summed E-state index contributed by atoms with van der Waals surface area (Å²) in [6.45, 7) is 9.77. The first-order valence-electron chi connectivity index (χ1n) is 10.5. The van der Waals surface area contributed by atoms with Crippen LogP contribution in [-0.2, 0) is 9.59 Å². The minimum absolute atomic E-state index is 0.249. The number of nitrogens with one attached hydrogen (secondary N) is 1. The highest BCUT2D eigenvalue weighted by Gasteiger charge is 2.41. The van der Waals surface area contributed by atoms with Crippen molar-refractivity contribution in [3.05, 3.63) is 98.7 Å². The van der Waals surface area contributed by atoms with E-state index in [9.17, 15) is 9.59 Å². The maximum absolute atomic E-state index is 13.7. The highest BCUT2D eigenvalue weighted by Crippen LogP contribution is 2.36. The molecule has 0 saturated heterocycles. The lowest BCUT2D eigenvalue weighted by Crippen LogP contribution is -2.33. The van der Waals surface area contributed by atoms with Crippen molar-refractivity contribution < 1.29 is 9.59 Å². The molecule has 1 aliphatic heterocycles. The number of aryl methyl sites for hydroxylation is 5. The Kier molecular flexibility index (Phi) is 5.66. The Hall–Kier alpha value is -3.37. The number of amides is 2. The van der Waals surface area contributed by atoms with Crippen LogP contribution >= 0.6 is 11.6 Å². The number of hydrogen-bond donors (Lipinski definition) is 1. The second kappa shape index (κ2) is 8.29. The lowest BCUT2D eigenvalue weighted by molar-refractivity contribution is -0.120. The minimum Gasteiger partial charge on any atom is -0.350 e. The normalized spacial score (nSPS) is 13.9. The summed E-state index contributed by atoms with van der Waals surface area (Å²) in [6, 6.07) is 17.1. The van der Waals surface area contributed by atoms with Gasteiger partial charge >= 0.3 is 0 Å². The van der Waals surface area contributed by atoms with Gasteiger partial charge in [-0.25, -0.2) is 4.90 Å². The van der Waals surface area contributed by atoms with E-state index >= 15 is 0 Å². The molecular formula is C27H25ClN2O2. The zero-order valence-electron chi connectivity index (χ0n) is 18.8. The second-order valence-electron chi connectivity index (χ2n) is 8.37. The van der Waals surface area contributed by atoms with E-state index in [0.29, 0.717) is 27.5 Å². The van der Waals surface area contributed by atoms with Crippen LogP contribution in [-0.4, -0.2) is 11.8 Å². The fraction of sp³-hybridized carbons (Fsp3) is 0.185. The van der Waals surface area contributed by atoms with Crippen LogP contribution in [0.15, 0.2) is 60.3 Å². The van der Waals surface area contributed by atoms with Crippen molar-refractivity contribution in [2.24, 2.45) is 0 Å². The van der Waals surface area contributed by atoms with Crippen LogP contribution in [0, 0.1) is 34.6 Å². The molecule has 0 spiro atoms. The number of anilines is 2. The number of hydrogen-bond acceptors (Lipinski definition) is 3. The van der Waals surface area contributed by atoms with Crippen LogP contribution in [0.2, 0.25) is 5.02 Å². The van der Waals surface area contributed by atoms with E-state index < -0.39 is 0 Å². The Labute approximate surface area is 193 Å². The maximum atomic E-state index is 13.7. The Bertz CT molecular complexity index is 1310. The third kappa shape index (κ3) is 3.82. The molecule has 5 heteroatoms. The summed E-state index contributed by atoms with van der Waals surface area (Å²) >= 11 is 6.30. The van der Waals surface area contributed by atoms with Gasteiger partial charge < -0.3 is 5.32 Å². The molecule has 0 bridgehead atoms. The fourth-order valence-electron chi connectivity index (χ4n) is 3.80. The summed E-state index contributed by atoms with van der Waals surface area (Å²) < 4.78 is 0. The molecule has 0 radical (unpaired) electrons. The van der Waals surface area contributed by atoms with Crippen LogP contribution < -0.4 is 10.2 Å². The number of nitrogens with zero attached hydrogens (tertiary/aromatic N) is 1. The van der Waals surface area contributed by atoms with Crippen molar-refractivity contribution in [2.45, 2.75) is 34.6 Å². The first-order valence-corrected chi connectivity index (χ1v) is 10.9. The van der Waals surface area contributed by atoms with Gasteiger partial charge in [0.2, 0.25) is 0 Å². The van der Waals surface area contributed by atoms with Crippen molar-refractivity contribution in [1.82, 2.24) is 0 Å². The molecule has 4 rings (SSSR count). The summed E-state index contributed by atoms with van der Waals surface area (Å²) in [5, 5.41) is 3.78. The summed E-state index contributed by atoms with van der Waals surface area (Å²) in [7, 11) is 0. The van der Waals surface area contributed by atoms with E-state index in [0.717, 1.165) is 27.8 Å². The average Bonchev–Trinajstić information content (AvgIpc) is 2.98. The van der Waals surface area contributed by atoms with Gasteiger partial charge in [-0.05, 0) is 86.2 Å². The smallest absolute Gasteiger partial charge is 0.282 e. The van der Waals surface area contributed by atoms with Crippen LogP contribution in [0.25, 0.3) is 5.57 Å². The molecule has 4 nitrogen and oxygen atoms in total. The number of carbonyl (C=O) groups is 2. The molecule has 0 aliphatic carbocycles. The van der Waals surface area contributed by atoms with Crippen molar-refractivity contribution in [2.75, 3.05) is 10.2 Å². The molecule has 0 unspecified atom stereocenters. The van der Waals surface area contributed by atoms with E-state index in [2.05, 4.69) is 5.32 Å². The van der Waals surface area contributed by atoms with Crippen LogP contribution in [0.3, 0.4) is 0 Å². The lowest BCUT2D eigenvalue weighted by atomic mass is 9.99. The zero-order chi connectivity index (χ0) is 23.2. The van der Waals surface area contributed by atoms with Crippen molar-refractivity contribution >= 4 is 40.4 Å². The van der Waals surface area contributed by atoms with Crippen LogP contribution in [0.5, 0.6) is 0 Å². The zero-order valence-corrected chi connectivity index (χ0v) is 19.6. The largest absolute Gasteiger partial charge is 0.350 e. The standard InChI is InChI=1S/C27H25ClN2O2/c1-15-6-7-18(4)23(12-15)30-26(31)24(20-10-8-16(2)19(5)13-20)25(27(30)32)29-21-11-9-17(3)22(28)14-21/h6-14,29H,1-5H3. The van der Waals surface area contributed by atoms with Gasteiger partial charge in [-0.1, -0.05) is 48.0 Å². The molecule has 0 atom stereocenters. The molecule has 32 heavy (non-hydrogen) atoms. The van der Waals surface area contributed by atoms with E-state index in [4.69, 9.17) is 11.6 Å². The van der Waals surface area contributed by atoms with Crippen molar-refractivity contribution in [3.8, 4) is 0 Å². The highest BCUT2D eigenvalue weighted by molar-refractivity contribution is 6.46. The van der Waals surface area contributed by atoms with Crippen LogP contribution in [0.1, 0.15) is 33.4 Å². The molecule has 2 amide bonds. The van der Waals surface area contributed by atoms with Gasteiger partial charge in [0.05, 0.1) is 11.3 Å². The van der Waals surface area contributed by atoms with Gasteiger partial charge in [-0.3, -0.25) is 9.59 Å². The highest BCUT2D eigenvalue weighted by atomic mass is 35.5. The molecular weight excluding hydrogens is 420 g/mol. The van der Waals surface area contributed by atoms with E-state index in [1.165, 1.54) is 4.90 Å². The summed E-state index contributed by atoms with van der Waals surface area (Å²) in [4.78, 5) is 28.6. The monoisotopic (exact) mass is 444 g/mol. The molecule has 1 heterocycles. The molecule has 162 valence electrons. The predicted octanol–water partition coefficient (Wildman–Crippen LogP) is 6.28. The number of halogens is 1. The number of benzene rings is 3. The van der Waals surface area contributed by atoms with E-state index in [1.807, 2.05) is 83.1 Å². The SMILES string of the molecule is Cc1ccc(C)c(N2C(=O)C(Nc3ccc(C)c(Cl)c3)=C(c3ccc(C)c(C)c3)C2=O)c1. The molecule has 3 aromatic carbocycles. The third-order valence-electron chi connectivity index (χ3n) is 5.93. The fourth-order valence-corrected chi connectivity index (χ4v) is 3.99. The van der Waals surface area contributed by atoms with Gasteiger partial charge in [0.15, 0.2) is 0 Å². The Morgan fingerprint density at radius 2 is 1.41 bits per heavy atom. The van der Waals surface area contributed by atoms with E-state index in [-0.39, 0.29) is 17.5 Å². The van der Waals surface area contributed by atoms with Gasteiger partial charge in [-0.2, -0.15) is 0 Å². The molecule has 1 N–H and O–H groups in total. The molecule has 1 aliphatic rings. The van der Waals surface area contributed by atoms with Crippen molar-refractivity contribution in [3.63, 3.8) is 0 Å². The second-order valence-corrected chi connectivity index (χ2v) is 8.78. The Balaban J connectivity index is 1.88. The third-order valence-corrected chi connectivity index (χ3v) is 6.33. The topological polar surface area (TPSA) is 49.4 Å². The summed E-state index contributed by atoms with van der Waals surface area (Å²) in [5.74, 6) is -0.721. The van der Waals surface area contributed by atoms with Gasteiger partial charge in [0.1, 0.15) is 5.70 Å². The molecule has 0 saturated carbocycles. The lowest BCUT2D eigenvalue weighted by Gasteiger charge is -2.18. The number of carbonyl (C=O) groups excluding carboxylic acids is 2. The number of imide groups is 1. The first-order chi connectivity index (χ1) is 15.2. The summed E-state index contributed by atoms with van der Waals surface area (Å²) in [5.41, 5.74) is 7.51. The molecule has 0 aromatic heterocycles. The average molecular weight is 445 g/mol. The molecule has 3 aromatic rings. The first kappa shape index (κ1) is 21.8. The van der Waals surface area contributed by atoms with Crippen molar-refractivity contribution in [1.29, 1.82) is 0 Å². The molecule has 0 fully saturated rings. The predicted molar refractivity (Wildman–Crippen MR) is 131 cm³/mol. The minimum atomic E-state index is -0.381. The van der Waals surface area contributed by atoms with Gasteiger partial charge in [0, 0.05) is 10.7 Å². The van der Waals surface area contributed by atoms with Gasteiger partial charge in [0.25, 0.3) is 11.8 Å². The van der Waals surface area contributed by atoms with E-state index in [1.54, 1.807) is 6.07 Å². The quantitative estimate of drug-likeness (QED) is 0.482.